The number of benzene rings is 2. The molecule has 0 aliphatic rings. The minimum Gasteiger partial charge on any atom is -0.489 e. The van der Waals surface area contributed by atoms with Crippen molar-refractivity contribution in [1.82, 2.24) is 4.57 Å². The predicted molar refractivity (Wildman–Crippen MR) is 97.2 cm³/mol. The van der Waals surface area contributed by atoms with Gasteiger partial charge in [0.05, 0.1) is 17.3 Å². The van der Waals surface area contributed by atoms with Gasteiger partial charge < -0.3 is 15.0 Å². The van der Waals surface area contributed by atoms with E-state index in [1.165, 1.54) is 12.1 Å². The molecule has 1 heterocycles. The van der Waals surface area contributed by atoms with Crippen molar-refractivity contribution < 1.29 is 13.5 Å². The monoisotopic (exact) mass is 364 g/mol. The molecule has 0 unspecified atom stereocenters. The van der Waals surface area contributed by atoms with Crippen LogP contribution < -0.4 is 10.5 Å². The van der Waals surface area contributed by atoms with Gasteiger partial charge in [-0.2, -0.15) is 0 Å². The molecule has 3 aromatic rings. The molecule has 0 saturated heterocycles. The topological polar surface area (TPSA) is 40.2 Å². The number of aryl methyl sites for hydroxylation is 1. The molecule has 6 heteroatoms. The number of nitrogens with two attached hydrogens (primary N) is 1. The van der Waals surface area contributed by atoms with Gasteiger partial charge in [-0.3, -0.25) is 0 Å². The summed E-state index contributed by atoms with van der Waals surface area (Å²) in [6.07, 6.45) is 1.87. The number of hydrogen-bond donors (Lipinski definition) is 1. The van der Waals surface area contributed by atoms with E-state index in [-0.39, 0.29) is 12.4 Å². The van der Waals surface area contributed by atoms with Crippen LogP contribution in [0.25, 0.3) is 10.9 Å². The van der Waals surface area contributed by atoms with Crippen molar-refractivity contribution in [3.05, 3.63) is 58.7 Å². The highest BCUT2D eigenvalue weighted by Crippen LogP contribution is 2.32. The number of halogens is 3. The average molecular weight is 365 g/mol. The van der Waals surface area contributed by atoms with Crippen molar-refractivity contribution >= 4 is 28.2 Å². The van der Waals surface area contributed by atoms with Crippen molar-refractivity contribution in [3.8, 4) is 5.75 Å². The second kappa shape index (κ2) is 7.31. The Morgan fingerprint density at radius 2 is 1.96 bits per heavy atom. The molecule has 0 saturated carbocycles. The molecular weight excluding hydrogens is 346 g/mol. The van der Waals surface area contributed by atoms with E-state index >= 15 is 0 Å². The zero-order valence-electron chi connectivity index (χ0n) is 13.9. The van der Waals surface area contributed by atoms with E-state index in [1.54, 1.807) is 6.07 Å². The fraction of sp³-hybridized carbons (Fsp3) is 0.263. The lowest BCUT2D eigenvalue weighted by Crippen LogP contribution is -2.11. The Hall–Kier alpha value is -2.27. The Kier molecular flexibility index (Phi) is 5.13. The molecule has 0 amide bonds. The number of rotatable bonds is 6. The molecule has 3 nitrogen and oxygen atoms in total. The van der Waals surface area contributed by atoms with Crippen LogP contribution in [0.3, 0.4) is 0 Å². The van der Waals surface area contributed by atoms with Gasteiger partial charge in [0.2, 0.25) is 0 Å². The third-order valence-corrected chi connectivity index (χ3v) is 4.53. The number of anilines is 1. The number of fused-ring (bicyclic) bond motifs is 1. The number of nitrogen functional groups attached to an aromatic ring is 1. The molecule has 25 heavy (non-hydrogen) atoms. The van der Waals surface area contributed by atoms with Crippen LogP contribution in [0.15, 0.2) is 36.4 Å². The summed E-state index contributed by atoms with van der Waals surface area (Å²) in [5.41, 5.74) is 8.51. The van der Waals surface area contributed by atoms with Crippen molar-refractivity contribution in [2.75, 3.05) is 12.3 Å². The first-order chi connectivity index (χ1) is 12.0. The fourth-order valence-corrected chi connectivity index (χ4v) is 3.15. The van der Waals surface area contributed by atoms with E-state index in [0.717, 1.165) is 35.5 Å². The van der Waals surface area contributed by atoms with Crippen LogP contribution in [0.1, 0.15) is 19.0 Å². The van der Waals surface area contributed by atoms with Gasteiger partial charge in [0.15, 0.2) is 11.6 Å². The van der Waals surface area contributed by atoms with Crippen LogP contribution in [0.5, 0.6) is 5.75 Å². The molecule has 0 bridgehead atoms. The second-order valence-electron chi connectivity index (χ2n) is 5.86. The summed E-state index contributed by atoms with van der Waals surface area (Å²) < 4.78 is 34.2. The summed E-state index contributed by atoms with van der Waals surface area (Å²) in [4.78, 5) is 0. The lowest BCUT2D eigenvalue weighted by atomic mass is 10.2. The predicted octanol–water partition coefficient (Wildman–Crippen LogP) is 5.19. The molecule has 0 atom stereocenters. The molecule has 2 N–H and O–H groups in total. The van der Waals surface area contributed by atoms with E-state index in [2.05, 4.69) is 11.5 Å². The van der Waals surface area contributed by atoms with Gasteiger partial charge >= 0.3 is 0 Å². The Balaban J connectivity index is 1.84. The number of aromatic nitrogens is 1. The smallest absolute Gasteiger partial charge is 0.167 e. The minimum absolute atomic E-state index is 0.0391. The normalized spacial score (nSPS) is 11.2. The molecule has 132 valence electrons. The molecule has 1 aromatic heterocycles. The molecule has 3 rings (SSSR count). The van der Waals surface area contributed by atoms with Crippen LogP contribution in [-0.4, -0.2) is 11.2 Å². The van der Waals surface area contributed by atoms with Gasteiger partial charge in [-0.25, -0.2) is 8.78 Å². The Labute approximate surface area is 150 Å². The first-order valence-electron chi connectivity index (χ1n) is 8.15. The largest absolute Gasteiger partial charge is 0.489 e. The van der Waals surface area contributed by atoms with Crippen molar-refractivity contribution in [1.29, 1.82) is 0 Å². The van der Waals surface area contributed by atoms with E-state index < -0.39 is 11.6 Å². The van der Waals surface area contributed by atoms with E-state index in [1.807, 2.05) is 12.1 Å². The molecule has 0 aliphatic heterocycles. The molecule has 0 fully saturated rings. The summed E-state index contributed by atoms with van der Waals surface area (Å²) in [7, 11) is 0. The van der Waals surface area contributed by atoms with Crippen LogP contribution in [-0.2, 0) is 13.0 Å². The van der Waals surface area contributed by atoms with Crippen molar-refractivity contribution in [2.45, 2.75) is 26.3 Å². The first kappa shape index (κ1) is 17.5. The second-order valence-corrected chi connectivity index (χ2v) is 6.24. The summed E-state index contributed by atoms with van der Waals surface area (Å²) in [5, 5.41) is 1.44. The average Bonchev–Trinajstić information content (AvgIpc) is 2.92. The SMILES string of the molecule is CCCc1cc2c(Cl)c(N)ccc2n1CCOc1ccc(F)cc1F. The molecule has 0 spiro atoms. The van der Waals surface area contributed by atoms with E-state index in [9.17, 15) is 8.78 Å². The van der Waals surface area contributed by atoms with Gasteiger partial charge in [-0.05, 0) is 36.8 Å². The number of hydrogen-bond acceptors (Lipinski definition) is 2. The van der Waals surface area contributed by atoms with Crippen LogP contribution in [0.4, 0.5) is 14.5 Å². The highest BCUT2D eigenvalue weighted by atomic mass is 35.5. The van der Waals surface area contributed by atoms with Crippen molar-refractivity contribution in [2.24, 2.45) is 0 Å². The first-order valence-corrected chi connectivity index (χ1v) is 8.53. The number of ether oxygens (including phenoxy) is 1. The lowest BCUT2D eigenvalue weighted by molar-refractivity contribution is 0.284. The summed E-state index contributed by atoms with van der Waals surface area (Å²) in [5.74, 6) is -1.29. The third-order valence-electron chi connectivity index (χ3n) is 4.11. The maximum atomic E-state index is 13.7. The van der Waals surface area contributed by atoms with Gasteiger partial charge in [-0.15, -0.1) is 0 Å². The Morgan fingerprint density at radius 1 is 1.16 bits per heavy atom. The Bertz CT molecular complexity index is 908. The molecule has 0 radical (unpaired) electrons. The van der Waals surface area contributed by atoms with Gasteiger partial charge in [0, 0.05) is 22.7 Å². The Morgan fingerprint density at radius 3 is 2.68 bits per heavy atom. The van der Waals surface area contributed by atoms with Crippen LogP contribution in [0, 0.1) is 11.6 Å². The molecule has 0 aliphatic carbocycles. The maximum absolute atomic E-state index is 13.7. The molecule has 2 aromatic carbocycles. The quantitative estimate of drug-likeness (QED) is 0.612. The number of nitrogens with zero attached hydrogens (tertiary/aromatic N) is 1. The zero-order chi connectivity index (χ0) is 18.0. The van der Waals surface area contributed by atoms with Crippen molar-refractivity contribution in [3.63, 3.8) is 0 Å². The van der Waals surface area contributed by atoms with E-state index in [0.29, 0.717) is 17.3 Å². The van der Waals surface area contributed by atoms with Gasteiger partial charge in [0.25, 0.3) is 0 Å². The summed E-state index contributed by atoms with van der Waals surface area (Å²) >= 11 is 6.32. The van der Waals surface area contributed by atoms with E-state index in [4.69, 9.17) is 22.1 Å². The van der Waals surface area contributed by atoms with Gasteiger partial charge in [0.1, 0.15) is 12.4 Å². The van der Waals surface area contributed by atoms with Crippen LogP contribution in [0.2, 0.25) is 5.02 Å². The third kappa shape index (κ3) is 3.56. The molecular formula is C19H19ClF2N2O. The summed E-state index contributed by atoms with van der Waals surface area (Å²) in [6.45, 7) is 2.88. The van der Waals surface area contributed by atoms with Gasteiger partial charge in [-0.1, -0.05) is 24.9 Å². The zero-order valence-corrected chi connectivity index (χ0v) is 14.6. The van der Waals surface area contributed by atoms with Crippen LogP contribution >= 0.6 is 11.6 Å². The lowest BCUT2D eigenvalue weighted by Gasteiger charge is -2.12. The fourth-order valence-electron chi connectivity index (χ4n) is 2.94. The highest BCUT2D eigenvalue weighted by Gasteiger charge is 2.13. The highest BCUT2D eigenvalue weighted by molar-refractivity contribution is 6.38. The minimum atomic E-state index is -0.707. The standard InChI is InChI=1S/C19H19ClF2N2O/c1-2-3-13-11-14-17(6-5-16(23)19(14)20)24(13)8-9-25-18-7-4-12(21)10-15(18)22/h4-7,10-11H,2-3,8-9,23H2,1H3. The summed E-state index contributed by atoms with van der Waals surface area (Å²) in [6, 6.07) is 9.02. The maximum Gasteiger partial charge on any atom is 0.167 e.